The summed E-state index contributed by atoms with van der Waals surface area (Å²) in [6.45, 7) is 6.08. The Hall–Kier alpha value is -1.12. The Bertz CT molecular complexity index is 440. The van der Waals surface area contributed by atoms with E-state index in [1.807, 2.05) is 0 Å². The Balaban J connectivity index is 2.17. The lowest BCUT2D eigenvalue weighted by Gasteiger charge is -2.36. The van der Waals surface area contributed by atoms with E-state index in [4.69, 9.17) is 0 Å². The van der Waals surface area contributed by atoms with Crippen LogP contribution >= 0.6 is 0 Å². The summed E-state index contributed by atoms with van der Waals surface area (Å²) in [4.78, 5) is 0. The van der Waals surface area contributed by atoms with Crippen LogP contribution in [-0.4, -0.2) is 6.04 Å². The van der Waals surface area contributed by atoms with E-state index in [2.05, 4.69) is 19.2 Å². The normalized spacial score (nSPS) is 22.8. The molecular formula is C15H21F2N. The van der Waals surface area contributed by atoms with Crippen molar-refractivity contribution in [3.8, 4) is 0 Å². The summed E-state index contributed by atoms with van der Waals surface area (Å²) in [6, 6.07) is 2.97. The molecule has 0 heterocycles. The van der Waals surface area contributed by atoms with E-state index in [0.29, 0.717) is 5.56 Å². The molecule has 0 aromatic heterocycles. The maximum absolute atomic E-state index is 13.9. The van der Waals surface area contributed by atoms with Gasteiger partial charge in [0.2, 0.25) is 0 Å². The quantitative estimate of drug-likeness (QED) is 0.808. The summed E-state index contributed by atoms with van der Waals surface area (Å²) in [7, 11) is 0. The molecule has 3 heteroatoms. The van der Waals surface area contributed by atoms with Crippen LogP contribution in [0.1, 0.15) is 45.1 Å². The van der Waals surface area contributed by atoms with Gasteiger partial charge < -0.3 is 5.32 Å². The van der Waals surface area contributed by atoms with Crippen molar-refractivity contribution in [2.45, 2.75) is 52.5 Å². The molecule has 0 amide bonds. The fraction of sp³-hybridized carbons (Fsp3) is 0.600. The summed E-state index contributed by atoms with van der Waals surface area (Å²) < 4.78 is 27.6. The van der Waals surface area contributed by atoms with Crippen molar-refractivity contribution in [3.05, 3.63) is 29.3 Å². The lowest BCUT2D eigenvalue weighted by Crippen LogP contribution is -2.32. The average Bonchev–Trinajstić information content (AvgIpc) is 2.28. The highest BCUT2D eigenvalue weighted by Gasteiger charge is 2.28. The molecule has 1 fully saturated rings. The van der Waals surface area contributed by atoms with Gasteiger partial charge in [-0.15, -0.1) is 0 Å². The summed E-state index contributed by atoms with van der Waals surface area (Å²) >= 11 is 0. The van der Waals surface area contributed by atoms with Gasteiger partial charge in [-0.05, 0) is 43.2 Å². The van der Waals surface area contributed by atoms with Crippen molar-refractivity contribution in [1.29, 1.82) is 0 Å². The first-order valence-corrected chi connectivity index (χ1v) is 6.60. The number of hydrogen-bond acceptors (Lipinski definition) is 1. The Morgan fingerprint density at radius 1 is 1.28 bits per heavy atom. The monoisotopic (exact) mass is 253 g/mol. The predicted molar refractivity (Wildman–Crippen MR) is 70.8 cm³/mol. The van der Waals surface area contributed by atoms with Crippen LogP contribution in [0.15, 0.2) is 12.1 Å². The molecule has 0 radical (unpaired) electrons. The Morgan fingerprint density at radius 3 is 2.67 bits per heavy atom. The molecule has 1 saturated carbocycles. The molecule has 1 unspecified atom stereocenters. The smallest absolute Gasteiger partial charge is 0.152 e. The van der Waals surface area contributed by atoms with Crippen LogP contribution in [0, 0.1) is 24.0 Å². The summed E-state index contributed by atoms with van der Waals surface area (Å²) in [5, 5.41) is 3.06. The second kappa shape index (κ2) is 4.87. The van der Waals surface area contributed by atoms with Gasteiger partial charge in [-0.25, -0.2) is 8.78 Å². The van der Waals surface area contributed by atoms with Crippen LogP contribution in [0.4, 0.5) is 14.5 Å². The molecule has 1 aliphatic carbocycles. The molecule has 2 rings (SSSR count). The maximum atomic E-state index is 13.9. The van der Waals surface area contributed by atoms with Gasteiger partial charge in [0, 0.05) is 6.04 Å². The molecule has 0 bridgehead atoms. The van der Waals surface area contributed by atoms with E-state index in [9.17, 15) is 8.78 Å². The number of halogens is 2. The van der Waals surface area contributed by atoms with Gasteiger partial charge in [-0.1, -0.05) is 26.3 Å². The van der Waals surface area contributed by atoms with E-state index in [1.54, 1.807) is 6.92 Å². The molecule has 1 nitrogen and oxygen atoms in total. The maximum Gasteiger partial charge on any atom is 0.152 e. The van der Waals surface area contributed by atoms with Gasteiger partial charge in [0.1, 0.15) is 11.5 Å². The standard InChI is InChI=1S/C15H21F2N/c1-10-6-7-12(16)14(13(10)17)18-11-5-4-8-15(2,3)9-11/h6-7,11,18H,4-5,8-9H2,1-3H3. The number of aryl methyl sites for hydroxylation is 1. The highest BCUT2D eigenvalue weighted by Crippen LogP contribution is 2.37. The molecule has 0 spiro atoms. The van der Waals surface area contributed by atoms with Crippen molar-refractivity contribution >= 4 is 5.69 Å². The van der Waals surface area contributed by atoms with Crippen molar-refractivity contribution in [1.82, 2.24) is 0 Å². The molecular weight excluding hydrogens is 232 g/mol. The number of anilines is 1. The molecule has 0 saturated heterocycles. The van der Waals surface area contributed by atoms with Crippen LogP contribution in [0.3, 0.4) is 0 Å². The topological polar surface area (TPSA) is 12.0 Å². The van der Waals surface area contributed by atoms with Gasteiger partial charge in [0.25, 0.3) is 0 Å². The van der Waals surface area contributed by atoms with E-state index < -0.39 is 11.6 Å². The van der Waals surface area contributed by atoms with Crippen LogP contribution in [-0.2, 0) is 0 Å². The predicted octanol–water partition coefficient (Wildman–Crippen LogP) is 4.65. The minimum Gasteiger partial charge on any atom is -0.378 e. The van der Waals surface area contributed by atoms with E-state index >= 15 is 0 Å². The lowest BCUT2D eigenvalue weighted by molar-refractivity contribution is 0.229. The van der Waals surface area contributed by atoms with Gasteiger partial charge >= 0.3 is 0 Å². The molecule has 100 valence electrons. The zero-order valence-corrected chi connectivity index (χ0v) is 11.3. The van der Waals surface area contributed by atoms with E-state index in [0.717, 1.165) is 19.3 Å². The average molecular weight is 253 g/mol. The molecule has 1 aliphatic rings. The highest BCUT2D eigenvalue weighted by molar-refractivity contribution is 5.49. The van der Waals surface area contributed by atoms with E-state index in [-0.39, 0.29) is 17.1 Å². The van der Waals surface area contributed by atoms with Gasteiger partial charge in [0.15, 0.2) is 5.82 Å². The first kappa shape index (κ1) is 13.3. The Kier molecular flexibility index (Phi) is 3.60. The Labute approximate surface area is 108 Å². The number of benzene rings is 1. The number of hydrogen-bond donors (Lipinski definition) is 1. The third-order valence-corrected chi connectivity index (χ3v) is 3.84. The van der Waals surface area contributed by atoms with Crippen LogP contribution < -0.4 is 5.32 Å². The fourth-order valence-electron chi connectivity index (χ4n) is 2.81. The molecule has 1 aromatic rings. The number of rotatable bonds is 2. The van der Waals surface area contributed by atoms with Gasteiger partial charge in [-0.2, -0.15) is 0 Å². The first-order valence-electron chi connectivity index (χ1n) is 6.60. The summed E-state index contributed by atoms with van der Waals surface area (Å²) in [5.41, 5.74) is 0.777. The zero-order chi connectivity index (χ0) is 13.3. The van der Waals surface area contributed by atoms with Crippen molar-refractivity contribution in [3.63, 3.8) is 0 Å². The zero-order valence-electron chi connectivity index (χ0n) is 11.3. The van der Waals surface area contributed by atoms with Crippen molar-refractivity contribution in [2.75, 3.05) is 5.32 Å². The highest BCUT2D eigenvalue weighted by atomic mass is 19.1. The van der Waals surface area contributed by atoms with Crippen LogP contribution in [0.25, 0.3) is 0 Å². The first-order chi connectivity index (χ1) is 8.39. The second-order valence-corrected chi connectivity index (χ2v) is 6.16. The second-order valence-electron chi connectivity index (χ2n) is 6.16. The number of nitrogens with one attached hydrogen (secondary N) is 1. The summed E-state index contributed by atoms with van der Waals surface area (Å²) in [5.74, 6) is -0.958. The fourth-order valence-corrected chi connectivity index (χ4v) is 2.81. The third-order valence-electron chi connectivity index (χ3n) is 3.84. The van der Waals surface area contributed by atoms with Crippen LogP contribution in [0.2, 0.25) is 0 Å². The SMILES string of the molecule is Cc1ccc(F)c(NC2CCCC(C)(C)C2)c1F. The lowest BCUT2D eigenvalue weighted by atomic mass is 9.75. The molecule has 1 N–H and O–H groups in total. The Morgan fingerprint density at radius 2 is 2.00 bits per heavy atom. The minimum atomic E-state index is -0.499. The largest absolute Gasteiger partial charge is 0.378 e. The van der Waals surface area contributed by atoms with Gasteiger partial charge in [-0.3, -0.25) is 0 Å². The molecule has 0 aliphatic heterocycles. The summed E-state index contributed by atoms with van der Waals surface area (Å²) in [6.07, 6.45) is 4.24. The van der Waals surface area contributed by atoms with Crippen molar-refractivity contribution in [2.24, 2.45) is 5.41 Å². The third kappa shape index (κ3) is 2.82. The molecule has 1 aromatic carbocycles. The minimum absolute atomic E-state index is 0.0395. The molecule has 18 heavy (non-hydrogen) atoms. The van der Waals surface area contributed by atoms with Gasteiger partial charge in [0.05, 0.1) is 0 Å². The van der Waals surface area contributed by atoms with E-state index in [1.165, 1.54) is 18.6 Å². The molecule has 1 atom stereocenters. The van der Waals surface area contributed by atoms with Crippen LogP contribution in [0.5, 0.6) is 0 Å². The van der Waals surface area contributed by atoms with Crippen molar-refractivity contribution < 1.29 is 8.78 Å².